The highest BCUT2D eigenvalue weighted by atomic mass is 16.6. The number of nitriles is 2. The predicted molar refractivity (Wildman–Crippen MR) is 69.0 cm³/mol. The van der Waals surface area contributed by atoms with Crippen LogP contribution in [0.1, 0.15) is 10.4 Å². The molecule has 0 heterocycles. The van der Waals surface area contributed by atoms with E-state index in [1.165, 1.54) is 0 Å². The molecule has 1 aromatic carbocycles. The Morgan fingerprint density at radius 3 is 2.43 bits per heavy atom. The molecule has 0 saturated carbocycles. The van der Waals surface area contributed by atoms with E-state index in [1.54, 1.807) is 12.1 Å². The highest BCUT2D eigenvalue weighted by Gasteiger charge is 2.32. The van der Waals surface area contributed by atoms with Gasteiger partial charge in [0.05, 0.1) is 23.3 Å². The summed E-state index contributed by atoms with van der Waals surface area (Å²) in [6.45, 7) is 0. The molecular weight excluding hydrogens is 280 g/mol. The van der Waals surface area contributed by atoms with Gasteiger partial charge in [-0.25, -0.2) is 4.79 Å². The van der Waals surface area contributed by atoms with Crippen LogP contribution in [-0.4, -0.2) is 30.8 Å². The molecule has 9 nitrogen and oxygen atoms in total. The molecule has 0 spiro atoms. The van der Waals surface area contributed by atoms with Crippen LogP contribution in [0.15, 0.2) is 18.2 Å². The molecule has 1 rings (SSSR count). The fraction of sp³-hybridized carbons (Fsp3) is 0.250. The second-order valence-electron chi connectivity index (χ2n) is 3.71. The number of carbonyl (C=O) groups excluding carboxylic acids is 1. The number of carbonyl (C=O) groups is 1. The Bertz CT molecular complexity index is 645. The number of benzene rings is 1. The number of hydrogen-bond donors (Lipinski definition) is 1. The summed E-state index contributed by atoms with van der Waals surface area (Å²) in [7, 11) is 2.24. The van der Waals surface area contributed by atoms with Gasteiger partial charge in [-0.3, -0.25) is 10.1 Å². The zero-order chi connectivity index (χ0) is 16.0. The van der Waals surface area contributed by atoms with Crippen molar-refractivity contribution in [3.63, 3.8) is 0 Å². The molecule has 9 heteroatoms. The minimum absolute atomic E-state index is 0.0741. The molecule has 108 valence electrons. The summed E-state index contributed by atoms with van der Waals surface area (Å²) in [4.78, 5) is 21.7. The summed E-state index contributed by atoms with van der Waals surface area (Å²) >= 11 is 0. The van der Waals surface area contributed by atoms with E-state index in [4.69, 9.17) is 15.3 Å². The van der Waals surface area contributed by atoms with Crippen molar-refractivity contribution in [2.75, 3.05) is 19.5 Å². The monoisotopic (exact) mass is 290 g/mol. The minimum Gasteiger partial charge on any atom is -0.465 e. The lowest BCUT2D eigenvalue weighted by Gasteiger charge is -2.20. The first-order valence-corrected chi connectivity index (χ1v) is 5.45. The summed E-state index contributed by atoms with van der Waals surface area (Å²) in [6, 6.07) is 6.42. The highest BCUT2D eigenvalue weighted by molar-refractivity contribution is 5.96. The van der Waals surface area contributed by atoms with Gasteiger partial charge >= 0.3 is 11.7 Å². The molecule has 0 aliphatic heterocycles. The summed E-state index contributed by atoms with van der Waals surface area (Å²) in [6.07, 6.45) is 0. The fourth-order valence-electron chi connectivity index (χ4n) is 1.45. The van der Waals surface area contributed by atoms with Crippen LogP contribution in [0.5, 0.6) is 0 Å². The van der Waals surface area contributed by atoms with Crippen LogP contribution in [0.4, 0.5) is 11.4 Å². The van der Waals surface area contributed by atoms with E-state index in [2.05, 4.69) is 10.1 Å². The molecule has 0 aromatic heterocycles. The minimum atomic E-state index is -2.09. The van der Waals surface area contributed by atoms with Crippen LogP contribution in [0.2, 0.25) is 0 Å². The van der Waals surface area contributed by atoms with E-state index in [0.29, 0.717) is 0 Å². The number of ether oxygens (including phenoxy) is 2. The molecule has 0 bridgehead atoms. The number of methoxy groups -OCH3 is 2. The third kappa shape index (κ3) is 3.23. The second-order valence-corrected chi connectivity index (χ2v) is 3.71. The van der Waals surface area contributed by atoms with Crippen molar-refractivity contribution in [1.29, 1.82) is 10.5 Å². The zero-order valence-electron chi connectivity index (χ0n) is 11.1. The fourth-order valence-corrected chi connectivity index (χ4v) is 1.45. The van der Waals surface area contributed by atoms with Crippen molar-refractivity contribution < 1.29 is 19.2 Å². The van der Waals surface area contributed by atoms with E-state index in [-0.39, 0.29) is 16.9 Å². The highest BCUT2D eigenvalue weighted by Crippen LogP contribution is 2.26. The molecule has 0 aliphatic carbocycles. The molecule has 1 N–H and O–H groups in total. The Balaban J connectivity index is 3.40. The number of nitrogens with one attached hydrogen (secondary N) is 1. The van der Waals surface area contributed by atoms with Crippen molar-refractivity contribution in [2.45, 2.75) is 5.72 Å². The summed E-state index contributed by atoms with van der Waals surface area (Å²) in [5, 5.41) is 31.1. The summed E-state index contributed by atoms with van der Waals surface area (Å²) < 4.78 is 9.29. The Morgan fingerprint density at radius 2 is 2.00 bits per heavy atom. The molecule has 0 radical (unpaired) electrons. The Hall–Kier alpha value is -3.17. The van der Waals surface area contributed by atoms with Crippen LogP contribution in [0, 0.1) is 32.8 Å². The lowest BCUT2D eigenvalue weighted by atomic mass is 10.1. The molecule has 0 saturated heterocycles. The van der Waals surface area contributed by atoms with E-state index in [1.807, 2.05) is 0 Å². The number of anilines is 1. The number of esters is 1. The smallest absolute Gasteiger partial charge is 0.339 e. The average molecular weight is 290 g/mol. The number of nitrogens with zero attached hydrogens (tertiary/aromatic N) is 3. The molecule has 0 aliphatic rings. The molecule has 0 unspecified atom stereocenters. The first-order chi connectivity index (χ1) is 9.92. The van der Waals surface area contributed by atoms with Crippen LogP contribution >= 0.6 is 0 Å². The molecular formula is C12H10N4O5. The molecule has 0 atom stereocenters. The number of nitro groups is 1. The first-order valence-electron chi connectivity index (χ1n) is 5.45. The van der Waals surface area contributed by atoms with Gasteiger partial charge in [-0.2, -0.15) is 10.5 Å². The van der Waals surface area contributed by atoms with E-state index < -0.39 is 16.6 Å². The SMILES string of the molecule is COC(=O)c1ccc([N+](=O)[O-])cc1NC(C#N)(C#N)OC. The van der Waals surface area contributed by atoms with Crippen molar-refractivity contribution in [1.82, 2.24) is 0 Å². The molecule has 0 amide bonds. The quantitative estimate of drug-likeness (QED) is 0.369. The van der Waals surface area contributed by atoms with Crippen molar-refractivity contribution >= 4 is 17.3 Å². The number of non-ortho nitro benzene ring substituents is 1. The van der Waals surface area contributed by atoms with E-state index in [9.17, 15) is 14.9 Å². The Kier molecular flexibility index (Phi) is 4.78. The largest absolute Gasteiger partial charge is 0.465 e. The van der Waals surface area contributed by atoms with E-state index in [0.717, 1.165) is 32.4 Å². The zero-order valence-corrected chi connectivity index (χ0v) is 11.1. The van der Waals surface area contributed by atoms with Crippen LogP contribution < -0.4 is 5.32 Å². The normalized spacial score (nSPS) is 10.1. The number of nitro benzene ring substituents is 1. The molecule has 0 fully saturated rings. The van der Waals surface area contributed by atoms with Gasteiger partial charge < -0.3 is 14.8 Å². The Labute approximate surface area is 119 Å². The summed E-state index contributed by atoms with van der Waals surface area (Å²) in [5.74, 6) is -0.784. The van der Waals surface area contributed by atoms with Gasteiger partial charge in [0.2, 0.25) is 0 Å². The van der Waals surface area contributed by atoms with Crippen LogP contribution in [0.3, 0.4) is 0 Å². The van der Waals surface area contributed by atoms with Crippen molar-refractivity contribution in [3.8, 4) is 12.1 Å². The van der Waals surface area contributed by atoms with E-state index >= 15 is 0 Å². The lowest BCUT2D eigenvalue weighted by molar-refractivity contribution is -0.384. The van der Waals surface area contributed by atoms with Gasteiger partial charge in [-0.1, -0.05) is 0 Å². The van der Waals surface area contributed by atoms with Gasteiger partial charge in [0.1, 0.15) is 12.1 Å². The van der Waals surface area contributed by atoms with Crippen molar-refractivity contribution in [3.05, 3.63) is 33.9 Å². The Morgan fingerprint density at radius 1 is 1.38 bits per heavy atom. The average Bonchev–Trinajstić information content (AvgIpc) is 2.51. The van der Waals surface area contributed by atoms with Gasteiger partial charge in [0.15, 0.2) is 0 Å². The van der Waals surface area contributed by atoms with Crippen LogP contribution in [-0.2, 0) is 9.47 Å². The van der Waals surface area contributed by atoms with Gasteiger partial charge in [0.25, 0.3) is 5.69 Å². The first kappa shape index (κ1) is 15.9. The molecule has 21 heavy (non-hydrogen) atoms. The lowest BCUT2D eigenvalue weighted by Crippen LogP contribution is -2.37. The third-order valence-corrected chi connectivity index (χ3v) is 2.55. The number of rotatable bonds is 5. The maximum absolute atomic E-state index is 11.6. The van der Waals surface area contributed by atoms with Gasteiger partial charge in [0, 0.05) is 19.2 Å². The van der Waals surface area contributed by atoms with Crippen LogP contribution in [0.25, 0.3) is 0 Å². The number of hydrogen-bond acceptors (Lipinski definition) is 8. The molecule has 1 aromatic rings. The third-order valence-electron chi connectivity index (χ3n) is 2.55. The maximum Gasteiger partial charge on any atom is 0.339 e. The topological polar surface area (TPSA) is 138 Å². The van der Waals surface area contributed by atoms with Gasteiger partial charge in [-0.05, 0) is 6.07 Å². The van der Waals surface area contributed by atoms with Crippen molar-refractivity contribution in [2.24, 2.45) is 0 Å². The second kappa shape index (κ2) is 6.32. The van der Waals surface area contributed by atoms with Gasteiger partial charge in [-0.15, -0.1) is 0 Å². The standard InChI is InChI=1S/C12H10N4O5/c1-20-11(17)9-4-3-8(16(18)19)5-10(9)15-12(6-13,7-14)21-2/h3-5,15H,1-2H3. The summed E-state index contributed by atoms with van der Waals surface area (Å²) in [5.41, 5.74) is -2.61. The predicted octanol–water partition coefficient (Wildman–Crippen LogP) is 1.18. The maximum atomic E-state index is 11.6.